The molecule has 2 saturated heterocycles. The summed E-state index contributed by atoms with van der Waals surface area (Å²) in [6.45, 7) is 19.9. The fourth-order valence-electron chi connectivity index (χ4n) is 3.86. The van der Waals surface area contributed by atoms with Crippen LogP contribution in [-0.2, 0) is 17.1 Å². The smallest absolute Gasteiger partial charge is 0.0110 e. The predicted octanol–water partition coefficient (Wildman–Crippen LogP) is 2.24. The fraction of sp³-hybridized carbons (Fsp3) is 1.00. The van der Waals surface area contributed by atoms with E-state index in [1.54, 1.807) is 0 Å². The van der Waals surface area contributed by atoms with Crippen molar-refractivity contribution >= 4 is 12.4 Å². The normalized spacial score (nSPS) is 27.8. The Morgan fingerprint density at radius 3 is 1.29 bits per heavy atom. The van der Waals surface area contributed by atoms with Crippen molar-refractivity contribution in [1.82, 2.24) is 19.6 Å². The van der Waals surface area contributed by atoms with E-state index in [-0.39, 0.29) is 29.5 Å². The summed E-state index contributed by atoms with van der Waals surface area (Å²) in [5.41, 5.74) is 0. The molecule has 1 radical (unpaired) electrons. The van der Waals surface area contributed by atoms with Crippen molar-refractivity contribution in [2.75, 3.05) is 78.5 Å². The summed E-state index contributed by atoms with van der Waals surface area (Å²) in [4.78, 5) is 10.8. The minimum atomic E-state index is 0. The van der Waals surface area contributed by atoms with Gasteiger partial charge in [-0.05, 0) is 65.0 Å². The van der Waals surface area contributed by atoms with Crippen LogP contribution in [0.5, 0.6) is 0 Å². The zero-order valence-corrected chi connectivity index (χ0v) is 17.9. The van der Waals surface area contributed by atoms with Gasteiger partial charge in [-0.2, -0.15) is 0 Å². The maximum Gasteiger partial charge on any atom is 0.0110 e. The van der Waals surface area contributed by atoms with Gasteiger partial charge in [-0.3, -0.25) is 0 Å². The van der Waals surface area contributed by atoms with Gasteiger partial charge in [-0.25, -0.2) is 0 Å². The Kier molecular flexibility index (Phi) is 15.2. The van der Waals surface area contributed by atoms with E-state index >= 15 is 0 Å². The van der Waals surface area contributed by atoms with Crippen molar-refractivity contribution in [3.8, 4) is 0 Å². The van der Waals surface area contributed by atoms with Gasteiger partial charge in [-0.15, -0.1) is 12.4 Å². The molecule has 6 heteroatoms. The minimum Gasteiger partial charge on any atom is -0.302 e. The Labute approximate surface area is 167 Å². The second kappa shape index (κ2) is 14.8. The summed E-state index contributed by atoms with van der Waals surface area (Å²) in [5, 5.41) is 0. The van der Waals surface area contributed by atoms with Crippen molar-refractivity contribution in [2.24, 2.45) is 0 Å². The second-order valence-electron chi connectivity index (χ2n) is 7.07. The molecule has 0 amide bonds. The zero-order chi connectivity index (χ0) is 15.6. The van der Waals surface area contributed by atoms with E-state index in [0.29, 0.717) is 0 Å². The van der Waals surface area contributed by atoms with Crippen LogP contribution in [-0.4, -0.2) is 98.1 Å². The molecule has 24 heavy (non-hydrogen) atoms. The summed E-state index contributed by atoms with van der Waals surface area (Å²) >= 11 is 0. The standard InChI is InChI=1S/C18H38N4.ClH.Mn/c1-3-7-19-9-5-11-22-16-14-20(8-4-2)10-6-12-21(15-13-19)17-18-22;;/h3-18H2,1-2H3;1H;. The first kappa shape index (κ1) is 24.6. The van der Waals surface area contributed by atoms with E-state index in [1.165, 1.54) is 104 Å². The third-order valence-electron chi connectivity index (χ3n) is 5.17. The van der Waals surface area contributed by atoms with Gasteiger partial charge in [0.1, 0.15) is 0 Å². The molecule has 0 aromatic heterocycles. The first-order valence-electron chi connectivity index (χ1n) is 9.71. The molecule has 2 aliphatic heterocycles. The number of fused-ring (bicyclic) bond motifs is 3. The van der Waals surface area contributed by atoms with Crippen LogP contribution in [0.15, 0.2) is 0 Å². The van der Waals surface area contributed by atoms with Crippen LogP contribution in [0.1, 0.15) is 39.5 Å². The van der Waals surface area contributed by atoms with E-state index < -0.39 is 0 Å². The molecule has 2 heterocycles. The van der Waals surface area contributed by atoms with Crippen LogP contribution in [0.2, 0.25) is 0 Å². The molecule has 4 nitrogen and oxygen atoms in total. The topological polar surface area (TPSA) is 13.0 Å². The molecular weight excluding hydrogens is 363 g/mol. The SMILES string of the molecule is CCCN1CCCN2CCN(CCC)CCCN(CC1)CC2.Cl.[Mn]. The molecule has 2 unspecified atom stereocenters. The van der Waals surface area contributed by atoms with Gasteiger partial charge in [0, 0.05) is 56.3 Å². The summed E-state index contributed by atoms with van der Waals surface area (Å²) in [7, 11) is 0. The first-order chi connectivity index (χ1) is 10.8. The van der Waals surface area contributed by atoms with Crippen LogP contribution >= 0.6 is 12.4 Å². The molecule has 0 aliphatic carbocycles. The average molecular weight is 402 g/mol. The molecule has 0 aromatic carbocycles. The number of nitrogens with zero attached hydrogens (tertiary/aromatic N) is 4. The van der Waals surface area contributed by atoms with Crippen molar-refractivity contribution in [3.63, 3.8) is 0 Å². The molecule has 0 N–H and O–H groups in total. The van der Waals surface area contributed by atoms with Gasteiger partial charge < -0.3 is 19.6 Å². The van der Waals surface area contributed by atoms with Crippen molar-refractivity contribution in [2.45, 2.75) is 39.5 Å². The quantitative estimate of drug-likeness (QED) is 0.670. The van der Waals surface area contributed by atoms with Crippen molar-refractivity contribution in [3.05, 3.63) is 0 Å². The monoisotopic (exact) mass is 401 g/mol. The zero-order valence-electron chi connectivity index (χ0n) is 15.9. The first-order valence-corrected chi connectivity index (χ1v) is 9.71. The van der Waals surface area contributed by atoms with Gasteiger partial charge in [-0.1, -0.05) is 13.8 Å². The van der Waals surface area contributed by atoms with Crippen LogP contribution in [0.4, 0.5) is 0 Å². The van der Waals surface area contributed by atoms with E-state index in [2.05, 4.69) is 33.4 Å². The molecule has 0 spiro atoms. The molecule has 0 saturated carbocycles. The minimum absolute atomic E-state index is 0. The van der Waals surface area contributed by atoms with Crippen LogP contribution < -0.4 is 0 Å². The van der Waals surface area contributed by atoms with Crippen LogP contribution in [0.3, 0.4) is 0 Å². The number of hydrogen-bond acceptors (Lipinski definition) is 4. The Morgan fingerprint density at radius 2 is 0.917 bits per heavy atom. The third-order valence-corrected chi connectivity index (χ3v) is 5.17. The fourth-order valence-corrected chi connectivity index (χ4v) is 3.86. The molecular formula is C18H39ClMnN4. The Bertz CT molecular complexity index is 268. The van der Waals surface area contributed by atoms with Gasteiger partial charge in [0.05, 0.1) is 0 Å². The van der Waals surface area contributed by atoms with Crippen LogP contribution in [0.25, 0.3) is 0 Å². The van der Waals surface area contributed by atoms with Crippen LogP contribution in [0, 0.1) is 0 Å². The second-order valence-corrected chi connectivity index (χ2v) is 7.07. The molecule has 145 valence electrons. The molecule has 0 aromatic rings. The summed E-state index contributed by atoms with van der Waals surface area (Å²) in [6.07, 6.45) is 5.26. The molecule has 2 atom stereocenters. The molecule has 2 fully saturated rings. The summed E-state index contributed by atoms with van der Waals surface area (Å²) in [5.74, 6) is 0. The van der Waals surface area contributed by atoms with Crippen molar-refractivity contribution < 1.29 is 17.1 Å². The summed E-state index contributed by atoms with van der Waals surface area (Å²) < 4.78 is 0. The Morgan fingerprint density at radius 1 is 0.542 bits per heavy atom. The average Bonchev–Trinajstić information content (AvgIpc) is 2.53. The Hall–Kier alpha value is 0.649. The largest absolute Gasteiger partial charge is 0.302 e. The van der Waals surface area contributed by atoms with Gasteiger partial charge in [0.2, 0.25) is 0 Å². The van der Waals surface area contributed by atoms with E-state index in [9.17, 15) is 0 Å². The number of rotatable bonds is 4. The maximum absolute atomic E-state index is 2.72. The maximum atomic E-state index is 2.72. The van der Waals surface area contributed by atoms with Crippen molar-refractivity contribution in [1.29, 1.82) is 0 Å². The van der Waals surface area contributed by atoms with Gasteiger partial charge >= 0.3 is 0 Å². The van der Waals surface area contributed by atoms with Gasteiger partial charge in [0.15, 0.2) is 0 Å². The van der Waals surface area contributed by atoms with E-state index in [4.69, 9.17) is 0 Å². The van der Waals surface area contributed by atoms with E-state index in [0.717, 1.165) is 0 Å². The van der Waals surface area contributed by atoms with Gasteiger partial charge in [0.25, 0.3) is 0 Å². The Balaban J connectivity index is 0.00000264. The number of halogens is 1. The third kappa shape index (κ3) is 9.38. The summed E-state index contributed by atoms with van der Waals surface area (Å²) in [6, 6.07) is 0. The number of hydrogen-bond donors (Lipinski definition) is 0. The molecule has 2 bridgehead atoms. The molecule has 2 rings (SSSR count). The molecule has 2 aliphatic rings. The van der Waals surface area contributed by atoms with E-state index in [1.807, 2.05) is 0 Å². The predicted molar refractivity (Wildman–Crippen MR) is 103 cm³/mol.